The number of hydrogen-bond acceptors (Lipinski definition) is 5. The first-order valence-electron chi connectivity index (χ1n) is 7.64. The van der Waals surface area contributed by atoms with Gasteiger partial charge in [0.1, 0.15) is 21.5 Å². The molecule has 0 aromatic carbocycles. The highest BCUT2D eigenvalue weighted by Gasteiger charge is 2.38. The quantitative estimate of drug-likeness (QED) is 0.694. The largest absolute Gasteiger partial charge is 0.444 e. The highest BCUT2D eigenvalue weighted by molar-refractivity contribution is 9.10. The van der Waals surface area contributed by atoms with Gasteiger partial charge in [0.2, 0.25) is 0 Å². The minimum absolute atomic E-state index is 0.316. The number of nitrogens with zero attached hydrogens (tertiary/aromatic N) is 2. The lowest BCUT2D eigenvalue weighted by molar-refractivity contribution is -0.0942. The van der Waals surface area contributed by atoms with E-state index in [9.17, 15) is 4.79 Å². The molecule has 0 aliphatic carbocycles. The van der Waals surface area contributed by atoms with Crippen LogP contribution in [0.3, 0.4) is 0 Å². The fourth-order valence-electron chi connectivity index (χ4n) is 2.58. The Morgan fingerprint density at radius 1 is 1.50 bits per heavy atom. The highest BCUT2D eigenvalue weighted by Crippen LogP contribution is 2.32. The van der Waals surface area contributed by atoms with Crippen molar-refractivity contribution >= 4 is 33.6 Å². The first-order chi connectivity index (χ1) is 11.2. The minimum Gasteiger partial charge on any atom is -0.444 e. The number of ether oxygens (including phenoxy) is 3. The smallest absolute Gasteiger partial charge is 0.410 e. The molecular formula is C16H22BrClN2O4. The Morgan fingerprint density at radius 2 is 2.21 bits per heavy atom. The third kappa shape index (κ3) is 5.05. The zero-order valence-corrected chi connectivity index (χ0v) is 16.6. The van der Waals surface area contributed by atoms with E-state index >= 15 is 0 Å². The van der Waals surface area contributed by atoms with Crippen LogP contribution in [-0.2, 0) is 14.2 Å². The molecule has 1 aliphatic heterocycles. The summed E-state index contributed by atoms with van der Waals surface area (Å²) in [5.41, 5.74) is 0.267. The normalized spacial score (nSPS) is 21.7. The van der Waals surface area contributed by atoms with Gasteiger partial charge in [-0.15, -0.1) is 0 Å². The Morgan fingerprint density at radius 3 is 2.79 bits per heavy atom. The first kappa shape index (κ1) is 19.4. The summed E-state index contributed by atoms with van der Waals surface area (Å²) >= 11 is 9.38. The second kappa shape index (κ2) is 7.99. The van der Waals surface area contributed by atoms with E-state index in [0.717, 1.165) is 5.56 Å². The van der Waals surface area contributed by atoms with Crippen LogP contribution < -0.4 is 0 Å². The Balaban J connectivity index is 2.29. The molecule has 0 radical (unpaired) electrons. The van der Waals surface area contributed by atoms with E-state index in [0.29, 0.717) is 29.5 Å². The lowest BCUT2D eigenvalue weighted by Gasteiger charge is -2.41. The number of morpholine rings is 1. The van der Waals surface area contributed by atoms with Gasteiger partial charge in [0.15, 0.2) is 0 Å². The lowest BCUT2D eigenvalue weighted by Crippen LogP contribution is -2.53. The summed E-state index contributed by atoms with van der Waals surface area (Å²) < 4.78 is 17.4. The van der Waals surface area contributed by atoms with Gasteiger partial charge in [-0.2, -0.15) is 0 Å². The summed E-state index contributed by atoms with van der Waals surface area (Å²) in [5.74, 6) is 0. The monoisotopic (exact) mass is 420 g/mol. The van der Waals surface area contributed by atoms with Crippen LogP contribution in [-0.4, -0.2) is 54.5 Å². The molecule has 1 aromatic heterocycles. The van der Waals surface area contributed by atoms with Gasteiger partial charge in [-0.1, -0.05) is 11.6 Å². The van der Waals surface area contributed by atoms with Crippen LogP contribution in [0.5, 0.6) is 0 Å². The second-order valence-corrected chi connectivity index (χ2v) is 7.73. The van der Waals surface area contributed by atoms with Crippen LogP contribution in [0.1, 0.15) is 32.4 Å². The predicted molar refractivity (Wildman–Crippen MR) is 94.2 cm³/mol. The van der Waals surface area contributed by atoms with Crippen molar-refractivity contribution in [2.75, 3.05) is 26.9 Å². The predicted octanol–water partition coefficient (Wildman–Crippen LogP) is 3.82. The number of amides is 1. The molecule has 0 spiro atoms. The van der Waals surface area contributed by atoms with Crippen molar-refractivity contribution in [1.82, 2.24) is 9.88 Å². The van der Waals surface area contributed by atoms with Crippen molar-refractivity contribution in [3.8, 4) is 0 Å². The SMILES string of the molecule is COC[C@@H]1[C@@H](c2cc(Cl)nc(Br)c2)OCCN1C(=O)OC(C)(C)C. The van der Waals surface area contributed by atoms with Crippen LogP contribution in [0, 0.1) is 0 Å². The fourth-order valence-corrected chi connectivity index (χ4v) is 3.35. The van der Waals surface area contributed by atoms with Crippen molar-refractivity contribution in [3.05, 3.63) is 27.5 Å². The average Bonchev–Trinajstić information content (AvgIpc) is 2.44. The van der Waals surface area contributed by atoms with Gasteiger partial charge in [-0.25, -0.2) is 9.78 Å². The topological polar surface area (TPSA) is 60.9 Å². The lowest BCUT2D eigenvalue weighted by atomic mass is 10.0. The molecule has 2 atom stereocenters. The summed E-state index contributed by atoms with van der Waals surface area (Å²) in [6.45, 7) is 6.69. The molecule has 0 N–H and O–H groups in total. The Labute approximate surface area is 155 Å². The standard InChI is InChI=1S/C16H22BrClN2O4/c1-16(2,3)24-15(21)20-5-6-23-14(11(20)9-22-4)10-7-12(17)19-13(18)8-10/h7-8,11,14H,5-6,9H2,1-4H3/t11-,14-/m1/s1. The van der Waals surface area contributed by atoms with Gasteiger partial charge in [-0.3, -0.25) is 4.90 Å². The van der Waals surface area contributed by atoms with Crippen molar-refractivity contribution in [1.29, 1.82) is 0 Å². The molecule has 134 valence electrons. The average molecular weight is 422 g/mol. The summed E-state index contributed by atoms with van der Waals surface area (Å²) in [6.07, 6.45) is -0.750. The molecule has 2 heterocycles. The summed E-state index contributed by atoms with van der Waals surface area (Å²) in [5, 5.41) is 0.355. The number of carbonyl (C=O) groups is 1. The summed E-state index contributed by atoms with van der Waals surface area (Å²) in [6, 6.07) is 3.25. The zero-order valence-electron chi connectivity index (χ0n) is 14.2. The highest BCUT2D eigenvalue weighted by atomic mass is 79.9. The molecule has 0 unspecified atom stereocenters. The third-order valence-corrected chi connectivity index (χ3v) is 4.06. The molecule has 1 saturated heterocycles. The zero-order chi connectivity index (χ0) is 17.9. The van der Waals surface area contributed by atoms with Gasteiger partial charge < -0.3 is 14.2 Å². The maximum Gasteiger partial charge on any atom is 0.410 e. The maximum atomic E-state index is 12.6. The minimum atomic E-state index is -0.564. The van der Waals surface area contributed by atoms with Crippen LogP contribution in [0.4, 0.5) is 4.79 Å². The van der Waals surface area contributed by atoms with E-state index in [1.54, 1.807) is 18.1 Å². The van der Waals surface area contributed by atoms with E-state index in [1.165, 1.54) is 0 Å². The van der Waals surface area contributed by atoms with E-state index in [1.807, 2.05) is 26.8 Å². The molecule has 0 saturated carbocycles. The van der Waals surface area contributed by atoms with Crippen LogP contribution in [0.15, 0.2) is 16.7 Å². The molecular weight excluding hydrogens is 400 g/mol. The van der Waals surface area contributed by atoms with Gasteiger partial charge in [0.25, 0.3) is 0 Å². The molecule has 1 amide bonds. The van der Waals surface area contributed by atoms with Gasteiger partial charge in [0.05, 0.1) is 19.3 Å². The number of aromatic nitrogens is 1. The van der Waals surface area contributed by atoms with Crippen LogP contribution in [0.2, 0.25) is 5.15 Å². The Bertz CT molecular complexity index is 574. The number of hydrogen-bond donors (Lipinski definition) is 0. The molecule has 1 aliphatic rings. The molecule has 24 heavy (non-hydrogen) atoms. The van der Waals surface area contributed by atoms with Crippen molar-refractivity contribution < 1.29 is 19.0 Å². The van der Waals surface area contributed by atoms with Crippen LogP contribution in [0.25, 0.3) is 0 Å². The van der Waals surface area contributed by atoms with Crippen molar-refractivity contribution in [2.45, 2.75) is 38.5 Å². The maximum absolute atomic E-state index is 12.6. The Kier molecular flexibility index (Phi) is 6.47. The second-order valence-electron chi connectivity index (χ2n) is 6.53. The number of pyridine rings is 1. The number of halogens is 2. The number of rotatable bonds is 3. The first-order valence-corrected chi connectivity index (χ1v) is 8.81. The fraction of sp³-hybridized carbons (Fsp3) is 0.625. The molecule has 1 aromatic rings. The van der Waals surface area contributed by atoms with E-state index in [4.69, 9.17) is 25.8 Å². The van der Waals surface area contributed by atoms with Gasteiger partial charge >= 0.3 is 6.09 Å². The molecule has 6 nitrogen and oxygen atoms in total. The van der Waals surface area contributed by atoms with E-state index in [2.05, 4.69) is 20.9 Å². The molecule has 0 bridgehead atoms. The number of carbonyl (C=O) groups excluding carboxylic acids is 1. The van der Waals surface area contributed by atoms with Crippen LogP contribution >= 0.6 is 27.5 Å². The van der Waals surface area contributed by atoms with Crippen molar-refractivity contribution in [2.24, 2.45) is 0 Å². The van der Waals surface area contributed by atoms with Gasteiger partial charge in [-0.05, 0) is 54.4 Å². The third-order valence-electron chi connectivity index (χ3n) is 3.46. The molecule has 1 fully saturated rings. The summed E-state index contributed by atoms with van der Waals surface area (Å²) in [4.78, 5) is 18.3. The molecule has 2 rings (SSSR count). The van der Waals surface area contributed by atoms with E-state index < -0.39 is 5.60 Å². The molecule has 8 heteroatoms. The van der Waals surface area contributed by atoms with E-state index in [-0.39, 0.29) is 18.2 Å². The number of methoxy groups -OCH3 is 1. The van der Waals surface area contributed by atoms with Crippen molar-refractivity contribution in [3.63, 3.8) is 0 Å². The van der Waals surface area contributed by atoms with Gasteiger partial charge in [0, 0.05) is 13.7 Å². The summed E-state index contributed by atoms with van der Waals surface area (Å²) in [7, 11) is 1.59. The Hall–Kier alpha value is -0.890.